The summed E-state index contributed by atoms with van der Waals surface area (Å²) in [6.45, 7) is 3.21. The molecule has 0 saturated carbocycles. The predicted octanol–water partition coefficient (Wildman–Crippen LogP) is 4.23. The maximum absolute atomic E-state index is 12.8. The van der Waals surface area contributed by atoms with E-state index in [2.05, 4.69) is 30.4 Å². The average molecular weight is 427 g/mol. The molecule has 1 fully saturated rings. The van der Waals surface area contributed by atoms with Crippen molar-refractivity contribution in [2.45, 2.75) is 62.8 Å². The van der Waals surface area contributed by atoms with Gasteiger partial charge < -0.3 is 5.32 Å². The van der Waals surface area contributed by atoms with Crippen LogP contribution >= 0.6 is 0 Å². The number of hydrogen-bond acceptors (Lipinski definition) is 3. The molecular formula is C24H30N2O3S. The Bertz CT molecular complexity index is 1010. The fourth-order valence-corrected chi connectivity index (χ4v) is 6.01. The zero-order valence-corrected chi connectivity index (χ0v) is 18.4. The number of aryl methyl sites for hydroxylation is 2. The van der Waals surface area contributed by atoms with Gasteiger partial charge in [-0.3, -0.25) is 4.79 Å². The van der Waals surface area contributed by atoms with Gasteiger partial charge in [0.2, 0.25) is 10.0 Å². The molecule has 1 aliphatic carbocycles. The first-order valence-corrected chi connectivity index (χ1v) is 12.5. The Hall–Kier alpha value is -2.18. The zero-order chi connectivity index (χ0) is 21.1. The van der Waals surface area contributed by atoms with Crippen LogP contribution in [0.15, 0.2) is 47.4 Å². The summed E-state index contributed by atoms with van der Waals surface area (Å²) in [5, 5.41) is 3.12. The van der Waals surface area contributed by atoms with Crippen LogP contribution in [-0.2, 0) is 22.9 Å². The normalized spacial score (nSPS) is 18.0. The summed E-state index contributed by atoms with van der Waals surface area (Å²) in [5.41, 5.74) is 4.45. The highest BCUT2D eigenvalue weighted by atomic mass is 32.2. The molecule has 0 spiro atoms. The Balaban J connectivity index is 1.47. The van der Waals surface area contributed by atoms with Crippen molar-refractivity contribution < 1.29 is 13.2 Å². The molecule has 5 nitrogen and oxygen atoms in total. The van der Waals surface area contributed by atoms with Gasteiger partial charge in [-0.25, -0.2) is 8.42 Å². The van der Waals surface area contributed by atoms with Gasteiger partial charge in [0.25, 0.3) is 5.91 Å². The van der Waals surface area contributed by atoms with Crippen molar-refractivity contribution in [2.24, 2.45) is 0 Å². The maximum Gasteiger partial charge on any atom is 0.251 e. The van der Waals surface area contributed by atoms with Crippen LogP contribution in [0.4, 0.5) is 0 Å². The van der Waals surface area contributed by atoms with Crippen LogP contribution in [0, 0.1) is 0 Å². The fraction of sp³-hybridized carbons (Fsp3) is 0.458. The van der Waals surface area contributed by atoms with Crippen molar-refractivity contribution in [3.63, 3.8) is 0 Å². The number of fused-ring (bicyclic) bond motifs is 1. The van der Waals surface area contributed by atoms with Crippen molar-refractivity contribution in [2.75, 3.05) is 13.1 Å². The quantitative estimate of drug-likeness (QED) is 0.752. The Morgan fingerprint density at radius 1 is 0.967 bits per heavy atom. The summed E-state index contributed by atoms with van der Waals surface area (Å²) in [5.74, 6) is -0.176. The molecule has 2 aliphatic rings. The van der Waals surface area contributed by atoms with Crippen LogP contribution in [0.5, 0.6) is 0 Å². The number of nitrogens with zero attached hydrogens (tertiary/aromatic N) is 1. The minimum absolute atomic E-state index is 0.0577. The summed E-state index contributed by atoms with van der Waals surface area (Å²) in [6, 6.07) is 12.8. The number of carbonyl (C=O) groups excluding carboxylic acids is 1. The molecule has 0 bridgehead atoms. The lowest BCUT2D eigenvalue weighted by Crippen LogP contribution is -2.29. The number of amides is 1. The number of nitrogens with one attached hydrogen (secondary N) is 1. The van der Waals surface area contributed by atoms with Gasteiger partial charge in [-0.2, -0.15) is 4.31 Å². The summed E-state index contributed by atoms with van der Waals surface area (Å²) < 4.78 is 26.9. The van der Waals surface area contributed by atoms with Gasteiger partial charge in [-0.15, -0.1) is 0 Å². The van der Waals surface area contributed by atoms with Crippen LogP contribution in [0.1, 0.15) is 72.1 Å². The SMILES string of the molecule is CCC(NC(=O)c1ccc(S(=O)(=O)N2CCCC2)cc1)c1ccc2c(c1)CCCC2. The van der Waals surface area contributed by atoms with E-state index in [1.807, 2.05) is 0 Å². The molecule has 1 N–H and O–H groups in total. The molecule has 1 amide bonds. The third-order valence-corrected chi connectivity index (χ3v) is 8.22. The fourth-order valence-electron chi connectivity index (χ4n) is 4.49. The highest BCUT2D eigenvalue weighted by Gasteiger charge is 2.27. The van der Waals surface area contributed by atoms with Crippen LogP contribution in [-0.4, -0.2) is 31.7 Å². The second-order valence-electron chi connectivity index (χ2n) is 8.31. The number of carbonyl (C=O) groups is 1. The van der Waals surface area contributed by atoms with Gasteiger partial charge in [0.15, 0.2) is 0 Å². The van der Waals surface area contributed by atoms with E-state index in [0.717, 1.165) is 37.7 Å². The molecule has 2 aromatic rings. The summed E-state index contributed by atoms with van der Waals surface area (Å²) in [7, 11) is -3.46. The van der Waals surface area contributed by atoms with Gasteiger partial charge in [-0.05, 0) is 85.9 Å². The minimum Gasteiger partial charge on any atom is -0.345 e. The minimum atomic E-state index is -3.46. The van der Waals surface area contributed by atoms with Crippen LogP contribution in [0.25, 0.3) is 0 Å². The molecular weight excluding hydrogens is 396 g/mol. The molecule has 2 aromatic carbocycles. The van der Waals surface area contributed by atoms with E-state index < -0.39 is 10.0 Å². The highest BCUT2D eigenvalue weighted by molar-refractivity contribution is 7.89. The first-order chi connectivity index (χ1) is 14.5. The monoisotopic (exact) mass is 426 g/mol. The third kappa shape index (κ3) is 4.30. The number of sulfonamides is 1. The van der Waals surface area contributed by atoms with Gasteiger partial charge in [-0.1, -0.05) is 25.1 Å². The lowest BCUT2D eigenvalue weighted by atomic mass is 9.88. The Morgan fingerprint density at radius 2 is 1.63 bits per heavy atom. The van der Waals surface area contributed by atoms with Crippen molar-refractivity contribution in [3.05, 3.63) is 64.7 Å². The van der Waals surface area contributed by atoms with E-state index in [1.165, 1.54) is 28.3 Å². The molecule has 4 rings (SSSR count). The number of rotatable bonds is 6. The molecule has 1 heterocycles. The van der Waals surface area contributed by atoms with Crippen LogP contribution in [0.3, 0.4) is 0 Å². The molecule has 160 valence electrons. The smallest absolute Gasteiger partial charge is 0.251 e. The summed E-state index contributed by atoms with van der Waals surface area (Å²) in [6.07, 6.45) is 7.34. The van der Waals surface area contributed by atoms with Gasteiger partial charge in [0, 0.05) is 18.7 Å². The van der Waals surface area contributed by atoms with Gasteiger partial charge in [0.1, 0.15) is 0 Å². The van der Waals surface area contributed by atoms with E-state index in [1.54, 1.807) is 24.3 Å². The standard InChI is InChI=1S/C24H30N2O3S/c1-2-23(21-10-9-18-7-3-4-8-20(18)17-21)25-24(27)19-11-13-22(14-12-19)30(28,29)26-15-5-6-16-26/h9-14,17,23H,2-8,15-16H2,1H3,(H,25,27). The first kappa shape index (κ1) is 21.1. The number of hydrogen-bond donors (Lipinski definition) is 1. The Morgan fingerprint density at radius 3 is 2.30 bits per heavy atom. The maximum atomic E-state index is 12.8. The second kappa shape index (κ2) is 8.90. The van der Waals surface area contributed by atoms with Crippen molar-refractivity contribution in [3.8, 4) is 0 Å². The topological polar surface area (TPSA) is 66.5 Å². The average Bonchev–Trinajstić information content (AvgIpc) is 3.33. The van der Waals surface area contributed by atoms with Gasteiger partial charge in [0.05, 0.1) is 10.9 Å². The highest BCUT2D eigenvalue weighted by Crippen LogP contribution is 2.26. The van der Waals surface area contributed by atoms with Crippen LogP contribution in [0.2, 0.25) is 0 Å². The van der Waals surface area contributed by atoms with Crippen molar-refractivity contribution >= 4 is 15.9 Å². The molecule has 0 aromatic heterocycles. The van der Waals surface area contributed by atoms with E-state index in [0.29, 0.717) is 18.7 Å². The van der Waals surface area contributed by atoms with E-state index >= 15 is 0 Å². The molecule has 1 atom stereocenters. The lowest BCUT2D eigenvalue weighted by molar-refractivity contribution is 0.0935. The van der Waals surface area contributed by atoms with Crippen molar-refractivity contribution in [1.29, 1.82) is 0 Å². The Kier molecular flexibility index (Phi) is 6.25. The lowest BCUT2D eigenvalue weighted by Gasteiger charge is -2.22. The molecule has 0 radical (unpaired) electrons. The van der Waals surface area contributed by atoms with Crippen LogP contribution < -0.4 is 5.32 Å². The van der Waals surface area contributed by atoms with Crippen molar-refractivity contribution in [1.82, 2.24) is 9.62 Å². The van der Waals surface area contributed by atoms with E-state index in [9.17, 15) is 13.2 Å². The second-order valence-corrected chi connectivity index (χ2v) is 10.2. The Labute approximate surface area is 179 Å². The largest absolute Gasteiger partial charge is 0.345 e. The first-order valence-electron chi connectivity index (χ1n) is 11.0. The van der Waals surface area contributed by atoms with Gasteiger partial charge >= 0.3 is 0 Å². The molecule has 1 unspecified atom stereocenters. The molecule has 1 saturated heterocycles. The predicted molar refractivity (Wildman–Crippen MR) is 118 cm³/mol. The summed E-state index contributed by atoms with van der Waals surface area (Å²) >= 11 is 0. The molecule has 6 heteroatoms. The zero-order valence-electron chi connectivity index (χ0n) is 17.6. The summed E-state index contributed by atoms with van der Waals surface area (Å²) in [4.78, 5) is 13.1. The van der Waals surface area contributed by atoms with E-state index in [4.69, 9.17) is 0 Å². The molecule has 30 heavy (non-hydrogen) atoms. The number of benzene rings is 2. The van der Waals surface area contributed by atoms with E-state index in [-0.39, 0.29) is 16.8 Å². The third-order valence-electron chi connectivity index (χ3n) is 6.31. The molecule has 1 aliphatic heterocycles.